The van der Waals surface area contributed by atoms with Crippen LogP contribution in [0.4, 0.5) is 10.5 Å². The molecule has 0 aromatic heterocycles. The molecule has 1 rings (SSSR count). The molecule has 94 valence electrons. The molecule has 1 aromatic carbocycles. The monoisotopic (exact) mass is 277 g/mol. The van der Waals surface area contributed by atoms with E-state index in [0.29, 0.717) is 6.42 Å². The van der Waals surface area contributed by atoms with Gasteiger partial charge in [-0.15, -0.1) is 0 Å². The summed E-state index contributed by atoms with van der Waals surface area (Å²) in [7, 11) is 0. The Hall–Kier alpha value is -0.970. The predicted molar refractivity (Wildman–Crippen MR) is 68.1 cm³/mol. The lowest BCUT2D eigenvalue weighted by Crippen LogP contribution is -2.36. The van der Waals surface area contributed by atoms with Crippen molar-refractivity contribution < 1.29 is 15.0 Å². The summed E-state index contributed by atoms with van der Waals surface area (Å²) in [6.45, 7) is 1.70. The first-order valence-electron chi connectivity index (χ1n) is 5.09. The molecule has 0 aliphatic carbocycles. The van der Waals surface area contributed by atoms with Gasteiger partial charge in [0.15, 0.2) is 0 Å². The van der Waals surface area contributed by atoms with Gasteiger partial charge < -0.3 is 10.2 Å². The Kier molecular flexibility index (Phi) is 5.05. The fraction of sp³-hybridized carbons (Fsp3) is 0.364. The third kappa shape index (κ3) is 3.49. The lowest BCUT2D eigenvalue weighted by atomic mass is 10.2. The van der Waals surface area contributed by atoms with Crippen molar-refractivity contribution in [3.8, 4) is 0 Å². The van der Waals surface area contributed by atoms with Gasteiger partial charge in [0.1, 0.15) is 0 Å². The standard InChI is InChI=1S/C11H13Cl2NO3/c1-2-7(15)6-14(11(16)17)10-8(12)4-3-5-9(10)13/h3-5,7,15H,2,6H2,1H3,(H,16,17)/t7-/m1/s1. The van der Waals surface area contributed by atoms with Crippen LogP contribution >= 0.6 is 23.2 Å². The first-order chi connectivity index (χ1) is 7.97. The Bertz CT molecular complexity index is 391. The minimum absolute atomic E-state index is 0.0602. The van der Waals surface area contributed by atoms with Crippen molar-refractivity contribution in [3.05, 3.63) is 28.2 Å². The number of aliphatic hydroxyl groups excluding tert-OH is 1. The quantitative estimate of drug-likeness (QED) is 0.888. The zero-order chi connectivity index (χ0) is 13.0. The largest absolute Gasteiger partial charge is 0.465 e. The second kappa shape index (κ2) is 6.10. The molecular formula is C11H13Cl2NO3. The topological polar surface area (TPSA) is 60.8 Å². The van der Waals surface area contributed by atoms with E-state index in [2.05, 4.69) is 0 Å². The highest BCUT2D eigenvalue weighted by Gasteiger charge is 2.22. The van der Waals surface area contributed by atoms with Crippen LogP contribution in [0.1, 0.15) is 13.3 Å². The molecule has 0 unspecified atom stereocenters. The molecule has 0 saturated heterocycles. The number of aliphatic hydroxyl groups is 1. The van der Waals surface area contributed by atoms with Gasteiger partial charge in [-0.2, -0.15) is 0 Å². The van der Waals surface area contributed by atoms with Crippen LogP contribution in [-0.2, 0) is 0 Å². The highest BCUT2D eigenvalue weighted by atomic mass is 35.5. The van der Waals surface area contributed by atoms with Crippen molar-refractivity contribution in [3.63, 3.8) is 0 Å². The van der Waals surface area contributed by atoms with E-state index in [1.165, 1.54) is 0 Å². The van der Waals surface area contributed by atoms with Gasteiger partial charge in [-0.3, -0.25) is 4.90 Å². The number of anilines is 1. The molecule has 17 heavy (non-hydrogen) atoms. The summed E-state index contributed by atoms with van der Waals surface area (Å²) < 4.78 is 0. The molecule has 0 fully saturated rings. The Labute approximate surface area is 109 Å². The molecule has 2 N–H and O–H groups in total. The minimum atomic E-state index is -1.20. The average Bonchev–Trinajstić information content (AvgIpc) is 2.26. The van der Waals surface area contributed by atoms with Crippen molar-refractivity contribution in [1.29, 1.82) is 0 Å². The molecule has 0 aliphatic heterocycles. The van der Waals surface area contributed by atoms with Crippen molar-refractivity contribution in [2.45, 2.75) is 19.4 Å². The Balaban J connectivity index is 3.10. The third-order valence-electron chi connectivity index (χ3n) is 2.30. The van der Waals surface area contributed by atoms with E-state index in [-0.39, 0.29) is 22.3 Å². The van der Waals surface area contributed by atoms with E-state index in [1.54, 1.807) is 25.1 Å². The second-order valence-corrected chi connectivity index (χ2v) is 4.34. The van der Waals surface area contributed by atoms with Gasteiger partial charge in [-0.05, 0) is 18.6 Å². The molecule has 1 atom stereocenters. The van der Waals surface area contributed by atoms with Crippen LogP contribution < -0.4 is 4.90 Å². The number of benzene rings is 1. The maximum Gasteiger partial charge on any atom is 0.411 e. The van der Waals surface area contributed by atoms with Gasteiger partial charge in [0.2, 0.25) is 0 Å². The highest BCUT2D eigenvalue weighted by molar-refractivity contribution is 6.39. The molecule has 0 bridgehead atoms. The number of rotatable bonds is 4. The fourth-order valence-corrected chi connectivity index (χ4v) is 1.95. The summed E-state index contributed by atoms with van der Waals surface area (Å²) >= 11 is 11.8. The van der Waals surface area contributed by atoms with Crippen molar-refractivity contribution in [2.75, 3.05) is 11.4 Å². The molecule has 0 aliphatic rings. The van der Waals surface area contributed by atoms with Crippen LogP contribution in [0.3, 0.4) is 0 Å². The first-order valence-corrected chi connectivity index (χ1v) is 5.85. The van der Waals surface area contributed by atoms with E-state index in [1.807, 2.05) is 0 Å². The summed E-state index contributed by atoms with van der Waals surface area (Å²) in [5.74, 6) is 0. The summed E-state index contributed by atoms with van der Waals surface area (Å²) in [4.78, 5) is 12.1. The first kappa shape index (κ1) is 14.1. The van der Waals surface area contributed by atoms with E-state index < -0.39 is 12.2 Å². The lowest BCUT2D eigenvalue weighted by Gasteiger charge is -2.23. The molecule has 1 aromatic rings. The van der Waals surface area contributed by atoms with Crippen LogP contribution in [-0.4, -0.2) is 29.0 Å². The molecule has 0 radical (unpaired) electrons. The van der Waals surface area contributed by atoms with Crippen molar-refractivity contribution in [1.82, 2.24) is 0 Å². The van der Waals surface area contributed by atoms with E-state index >= 15 is 0 Å². The normalized spacial score (nSPS) is 12.2. The van der Waals surface area contributed by atoms with Crippen LogP contribution in [0, 0.1) is 0 Å². The van der Waals surface area contributed by atoms with Gasteiger partial charge in [0.05, 0.1) is 28.4 Å². The molecule has 0 saturated carbocycles. The lowest BCUT2D eigenvalue weighted by molar-refractivity contribution is 0.165. The summed E-state index contributed by atoms with van der Waals surface area (Å²) in [5, 5.41) is 19.1. The fourth-order valence-electron chi connectivity index (χ4n) is 1.35. The Morgan fingerprint density at radius 1 is 1.41 bits per heavy atom. The van der Waals surface area contributed by atoms with Crippen molar-refractivity contribution in [2.24, 2.45) is 0 Å². The number of carbonyl (C=O) groups is 1. The highest BCUT2D eigenvalue weighted by Crippen LogP contribution is 2.33. The van der Waals surface area contributed by atoms with Crippen LogP contribution in [0.25, 0.3) is 0 Å². The molecule has 0 spiro atoms. The zero-order valence-corrected chi connectivity index (χ0v) is 10.7. The molecule has 0 heterocycles. The number of carboxylic acid groups (broad SMARTS) is 1. The minimum Gasteiger partial charge on any atom is -0.465 e. The molecule has 6 heteroatoms. The van der Waals surface area contributed by atoms with Gasteiger partial charge in [-0.1, -0.05) is 36.2 Å². The van der Waals surface area contributed by atoms with Crippen LogP contribution in [0.2, 0.25) is 10.0 Å². The second-order valence-electron chi connectivity index (χ2n) is 3.53. The van der Waals surface area contributed by atoms with E-state index in [9.17, 15) is 9.90 Å². The number of amides is 1. The van der Waals surface area contributed by atoms with Gasteiger partial charge in [-0.25, -0.2) is 4.79 Å². The molecular weight excluding hydrogens is 265 g/mol. The maximum absolute atomic E-state index is 11.2. The van der Waals surface area contributed by atoms with Crippen LogP contribution in [0.5, 0.6) is 0 Å². The number of para-hydroxylation sites is 1. The molecule has 1 amide bonds. The van der Waals surface area contributed by atoms with Gasteiger partial charge in [0, 0.05) is 0 Å². The number of halogens is 2. The Morgan fingerprint density at radius 3 is 2.35 bits per heavy atom. The van der Waals surface area contributed by atoms with Gasteiger partial charge >= 0.3 is 6.09 Å². The predicted octanol–water partition coefficient (Wildman–Crippen LogP) is 3.25. The Morgan fingerprint density at radius 2 is 1.94 bits per heavy atom. The smallest absolute Gasteiger partial charge is 0.411 e. The molecule has 4 nitrogen and oxygen atoms in total. The number of nitrogens with zero attached hydrogens (tertiary/aromatic N) is 1. The maximum atomic E-state index is 11.2. The zero-order valence-electron chi connectivity index (χ0n) is 9.23. The average molecular weight is 278 g/mol. The third-order valence-corrected chi connectivity index (χ3v) is 2.91. The number of hydrogen-bond donors (Lipinski definition) is 2. The van der Waals surface area contributed by atoms with Crippen molar-refractivity contribution >= 4 is 35.0 Å². The van der Waals surface area contributed by atoms with Crippen LogP contribution in [0.15, 0.2) is 18.2 Å². The summed E-state index contributed by atoms with van der Waals surface area (Å²) in [5.41, 5.74) is 0.204. The van der Waals surface area contributed by atoms with Gasteiger partial charge in [0.25, 0.3) is 0 Å². The van der Waals surface area contributed by atoms with E-state index in [4.69, 9.17) is 28.3 Å². The SMILES string of the molecule is CC[C@@H](O)CN(C(=O)O)c1c(Cl)cccc1Cl. The van der Waals surface area contributed by atoms with E-state index in [0.717, 1.165) is 4.90 Å². The summed E-state index contributed by atoms with van der Waals surface area (Å²) in [6.07, 6.45) is -1.50. The number of hydrogen-bond acceptors (Lipinski definition) is 2. The summed E-state index contributed by atoms with van der Waals surface area (Å²) in [6, 6.07) is 4.73.